The fourth-order valence-electron chi connectivity index (χ4n) is 1.81. The van der Waals surface area contributed by atoms with E-state index < -0.39 is 0 Å². The third-order valence-corrected chi connectivity index (χ3v) is 2.68. The fraction of sp³-hybridized carbons (Fsp3) is 0.385. The Hall–Kier alpha value is -1.39. The fourth-order valence-corrected chi connectivity index (χ4v) is 1.81. The smallest absolute Gasteiger partial charge is 0.131 e. The second kappa shape index (κ2) is 7.04. The molecular formula is C13H19FN2O. The second-order valence-electron chi connectivity index (χ2n) is 3.79. The largest absolute Gasteiger partial charge is 0.496 e. The van der Waals surface area contributed by atoms with Gasteiger partial charge < -0.3 is 4.74 Å². The highest BCUT2D eigenvalue weighted by Crippen LogP contribution is 2.30. The molecule has 3 N–H and O–H groups in total. The Morgan fingerprint density at radius 3 is 2.94 bits per heavy atom. The number of hydrogen-bond acceptors (Lipinski definition) is 3. The Kier molecular flexibility index (Phi) is 5.66. The molecule has 0 radical (unpaired) electrons. The molecule has 0 aliphatic carbocycles. The minimum absolute atomic E-state index is 0.244. The molecule has 1 unspecified atom stereocenters. The van der Waals surface area contributed by atoms with Crippen molar-refractivity contribution in [2.45, 2.75) is 25.3 Å². The van der Waals surface area contributed by atoms with Gasteiger partial charge in [-0.25, -0.2) is 4.39 Å². The zero-order valence-corrected chi connectivity index (χ0v) is 10.1. The Morgan fingerprint density at radius 1 is 1.59 bits per heavy atom. The van der Waals surface area contributed by atoms with Gasteiger partial charge in [0.1, 0.15) is 11.6 Å². The molecular weight excluding hydrogens is 219 g/mol. The summed E-state index contributed by atoms with van der Waals surface area (Å²) in [5.41, 5.74) is 3.13. The number of benzene rings is 1. The summed E-state index contributed by atoms with van der Waals surface area (Å²) in [4.78, 5) is 0. The molecule has 0 heterocycles. The second-order valence-corrected chi connectivity index (χ2v) is 3.79. The molecule has 0 bridgehead atoms. The SMILES string of the molecule is C=CCCCC(NN)c1c(F)cccc1OC. The molecule has 1 atom stereocenters. The molecule has 3 nitrogen and oxygen atoms in total. The molecule has 1 rings (SSSR count). The van der Waals surface area contributed by atoms with Gasteiger partial charge in [-0.15, -0.1) is 6.58 Å². The van der Waals surface area contributed by atoms with Crippen LogP contribution in [-0.2, 0) is 0 Å². The van der Waals surface area contributed by atoms with Gasteiger partial charge in [0.05, 0.1) is 13.2 Å². The van der Waals surface area contributed by atoms with Gasteiger partial charge in [-0.05, 0) is 31.4 Å². The van der Waals surface area contributed by atoms with Crippen LogP contribution < -0.4 is 16.0 Å². The van der Waals surface area contributed by atoms with E-state index in [0.29, 0.717) is 11.3 Å². The van der Waals surface area contributed by atoms with Crippen molar-refractivity contribution in [2.24, 2.45) is 5.84 Å². The normalized spacial score (nSPS) is 12.2. The number of nitrogens with one attached hydrogen (secondary N) is 1. The lowest BCUT2D eigenvalue weighted by Gasteiger charge is -2.19. The van der Waals surface area contributed by atoms with Crippen molar-refractivity contribution in [1.29, 1.82) is 0 Å². The van der Waals surface area contributed by atoms with Crippen LogP contribution in [0.15, 0.2) is 30.9 Å². The third-order valence-electron chi connectivity index (χ3n) is 2.68. The third kappa shape index (κ3) is 3.54. The van der Waals surface area contributed by atoms with E-state index in [1.54, 1.807) is 12.1 Å². The minimum atomic E-state index is -0.300. The van der Waals surface area contributed by atoms with Gasteiger partial charge in [0, 0.05) is 5.56 Å². The number of hydrogen-bond donors (Lipinski definition) is 2. The van der Waals surface area contributed by atoms with Crippen LogP contribution in [0.5, 0.6) is 5.75 Å². The number of allylic oxidation sites excluding steroid dienone is 1. The summed E-state index contributed by atoms with van der Waals surface area (Å²) < 4.78 is 18.9. The maximum atomic E-state index is 13.8. The molecule has 0 saturated carbocycles. The molecule has 94 valence electrons. The lowest BCUT2D eigenvalue weighted by Crippen LogP contribution is -2.29. The summed E-state index contributed by atoms with van der Waals surface area (Å²) in [6.45, 7) is 3.66. The maximum absolute atomic E-state index is 13.8. The summed E-state index contributed by atoms with van der Waals surface area (Å²) >= 11 is 0. The summed E-state index contributed by atoms with van der Waals surface area (Å²) in [5, 5.41) is 0. The molecule has 4 heteroatoms. The Bertz CT molecular complexity index is 368. The quantitative estimate of drug-likeness (QED) is 0.332. The Labute approximate surface area is 101 Å². The number of hydrazine groups is 1. The van der Waals surface area contributed by atoms with E-state index in [-0.39, 0.29) is 11.9 Å². The predicted molar refractivity (Wildman–Crippen MR) is 67.1 cm³/mol. The minimum Gasteiger partial charge on any atom is -0.496 e. The standard InChI is InChI=1S/C13H19FN2O/c1-3-4-5-8-11(16-15)13-10(14)7-6-9-12(13)17-2/h3,6-7,9,11,16H,1,4-5,8,15H2,2H3. The van der Waals surface area contributed by atoms with Crippen LogP contribution in [0.1, 0.15) is 30.9 Å². The lowest BCUT2D eigenvalue weighted by atomic mass is 10.00. The maximum Gasteiger partial charge on any atom is 0.131 e. The highest BCUT2D eigenvalue weighted by molar-refractivity contribution is 5.37. The van der Waals surface area contributed by atoms with Crippen LogP contribution in [0.2, 0.25) is 0 Å². The van der Waals surface area contributed by atoms with Crippen LogP contribution in [0.3, 0.4) is 0 Å². The van der Waals surface area contributed by atoms with Crippen molar-refractivity contribution < 1.29 is 9.13 Å². The predicted octanol–water partition coefficient (Wildman–Crippen LogP) is 2.70. The molecule has 0 spiro atoms. The average Bonchev–Trinajstić information content (AvgIpc) is 2.35. The van der Waals surface area contributed by atoms with Crippen molar-refractivity contribution in [3.05, 3.63) is 42.2 Å². The molecule has 0 amide bonds. The van der Waals surface area contributed by atoms with Gasteiger partial charge >= 0.3 is 0 Å². The first-order chi connectivity index (χ1) is 8.24. The van der Waals surface area contributed by atoms with Crippen LogP contribution in [0.4, 0.5) is 4.39 Å². The van der Waals surface area contributed by atoms with Gasteiger partial charge in [-0.3, -0.25) is 11.3 Å². The van der Waals surface area contributed by atoms with Crippen molar-refractivity contribution in [1.82, 2.24) is 5.43 Å². The first-order valence-electron chi connectivity index (χ1n) is 5.64. The number of halogens is 1. The average molecular weight is 238 g/mol. The summed E-state index contributed by atoms with van der Waals surface area (Å²) in [6, 6.07) is 4.52. The molecule has 1 aromatic carbocycles. The molecule has 0 aromatic heterocycles. The molecule has 0 fully saturated rings. The van der Waals surface area contributed by atoms with Crippen molar-refractivity contribution in [3.8, 4) is 5.75 Å². The van der Waals surface area contributed by atoms with E-state index in [4.69, 9.17) is 10.6 Å². The van der Waals surface area contributed by atoms with Gasteiger partial charge in [-0.2, -0.15) is 0 Å². The van der Waals surface area contributed by atoms with E-state index in [0.717, 1.165) is 19.3 Å². The van der Waals surface area contributed by atoms with E-state index in [9.17, 15) is 4.39 Å². The number of rotatable bonds is 7. The van der Waals surface area contributed by atoms with E-state index >= 15 is 0 Å². The molecule has 1 aromatic rings. The molecule has 17 heavy (non-hydrogen) atoms. The molecule has 0 aliphatic heterocycles. The van der Waals surface area contributed by atoms with Gasteiger partial charge in [0.2, 0.25) is 0 Å². The van der Waals surface area contributed by atoms with Crippen LogP contribution in [0, 0.1) is 5.82 Å². The number of nitrogens with two attached hydrogens (primary N) is 1. The van der Waals surface area contributed by atoms with Crippen molar-refractivity contribution >= 4 is 0 Å². The summed E-state index contributed by atoms with van der Waals surface area (Å²) in [5.74, 6) is 5.70. The Balaban J connectivity index is 2.89. The number of unbranched alkanes of at least 4 members (excludes halogenated alkanes) is 1. The highest BCUT2D eigenvalue weighted by Gasteiger charge is 2.18. The summed E-state index contributed by atoms with van der Waals surface area (Å²) in [7, 11) is 1.52. The number of ether oxygens (including phenoxy) is 1. The monoisotopic (exact) mass is 238 g/mol. The van der Waals surface area contributed by atoms with Crippen molar-refractivity contribution in [3.63, 3.8) is 0 Å². The van der Waals surface area contributed by atoms with Crippen LogP contribution in [0.25, 0.3) is 0 Å². The molecule has 0 saturated heterocycles. The van der Waals surface area contributed by atoms with Gasteiger partial charge in [-0.1, -0.05) is 12.1 Å². The van der Waals surface area contributed by atoms with Gasteiger partial charge in [0.15, 0.2) is 0 Å². The first-order valence-corrected chi connectivity index (χ1v) is 5.64. The highest BCUT2D eigenvalue weighted by atomic mass is 19.1. The van der Waals surface area contributed by atoms with Crippen LogP contribution >= 0.6 is 0 Å². The first kappa shape index (κ1) is 13.7. The lowest BCUT2D eigenvalue weighted by molar-refractivity contribution is 0.384. The Morgan fingerprint density at radius 2 is 2.35 bits per heavy atom. The number of methoxy groups -OCH3 is 1. The van der Waals surface area contributed by atoms with E-state index in [1.165, 1.54) is 13.2 Å². The zero-order chi connectivity index (χ0) is 12.7. The zero-order valence-electron chi connectivity index (χ0n) is 10.1. The van der Waals surface area contributed by atoms with Crippen molar-refractivity contribution in [2.75, 3.05) is 7.11 Å². The van der Waals surface area contributed by atoms with E-state index in [1.807, 2.05) is 6.08 Å². The van der Waals surface area contributed by atoms with Gasteiger partial charge in [0.25, 0.3) is 0 Å². The van der Waals surface area contributed by atoms with Crippen LogP contribution in [-0.4, -0.2) is 7.11 Å². The topological polar surface area (TPSA) is 47.3 Å². The van der Waals surface area contributed by atoms with E-state index in [2.05, 4.69) is 12.0 Å². The molecule has 0 aliphatic rings. The summed E-state index contributed by atoms with van der Waals surface area (Å²) in [6.07, 6.45) is 4.36.